The summed E-state index contributed by atoms with van der Waals surface area (Å²) in [6, 6.07) is 10.0. The molecule has 3 aliphatic heterocycles. The predicted molar refractivity (Wildman–Crippen MR) is 161 cm³/mol. The lowest BCUT2D eigenvalue weighted by atomic mass is 9.93. The Hall–Kier alpha value is -1.36. The van der Waals surface area contributed by atoms with E-state index in [2.05, 4.69) is 80.6 Å². The van der Waals surface area contributed by atoms with Crippen molar-refractivity contribution in [2.24, 2.45) is 0 Å². The maximum Gasteiger partial charge on any atom is 0.0651 e. The molecular formula is C33H57N3O. The van der Waals surface area contributed by atoms with E-state index in [1.165, 1.54) is 87.3 Å². The Kier molecular flexibility index (Phi) is 10.7. The number of nitrogens with one attached hydrogen (secondary N) is 1. The van der Waals surface area contributed by atoms with Crippen molar-refractivity contribution in [2.75, 3.05) is 26.3 Å². The predicted octanol–water partition coefficient (Wildman–Crippen LogP) is 8.38. The Balaban J connectivity index is 0.000000152. The van der Waals surface area contributed by atoms with Gasteiger partial charge in [0.25, 0.3) is 0 Å². The molecule has 2 aromatic rings. The minimum atomic E-state index is 0. The zero-order chi connectivity index (χ0) is 25.8. The highest BCUT2D eigenvalue weighted by Crippen LogP contribution is 2.44. The first-order valence-corrected chi connectivity index (χ1v) is 15.0. The molecule has 6 rings (SSSR count). The summed E-state index contributed by atoms with van der Waals surface area (Å²) in [7, 11) is 0. The molecule has 1 N–H and O–H groups in total. The SMILES string of the molecule is C.CC(C)N1CCCC12CCCC2.CC(C)N1CCCC12CCOC2.CC(C)c1cccc2[nH]ccc12. The number of rotatable bonds is 3. The number of benzene rings is 1. The van der Waals surface area contributed by atoms with E-state index in [9.17, 15) is 0 Å². The summed E-state index contributed by atoms with van der Waals surface area (Å²) in [5.41, 5.74) is 3.76. The maximum atomic E-state index is 5.52. The second-order valence-corrected chi connectivity index (χ2v) is 12.7. The van der Waals surface area contributed by atoms with Gasteiger partial charge in [-0.3, -0.25) is 9.80 Å². The first kappa shape index (κ1) is 30.2. The summed E-state index contributed by atoms with van der Waals surface area (Å²) in [5, 5.41) is 1.35. The number of H-pyrrole nitrogens is 1. The van der Waals surface area contributed by atoms with Crippen LogP contribution in [0.3, 0.4) is 0 Å². The first-order valence-electron chi connectivity index (χ1n) is 15.0. The van der Waals surface area contributed by atoms with Gasteiger partial charge in [-0.1, -0.05) is 46.2 Å². The smallest absolute Gasteiger partial charge is 0.0651 e. The maximum absolute atomic E-state index is 5.52. The molecule has 0 amide bonds. The van der Waals surface area contributed by atoms with Crippen molar-refractivity contribution >= 4 is 10.9 Å². The molecule has 3 saturated heterocycles. The van der Waals surface area contributed by atoms with E-state index in [1.54, 1.807) is 0 Å². The van der Waals surface area contributed by atoms with Crippen molar-refractivity contribution in [3.05, 3.63) is 36.0 Å². The third kappa shape index (κ3) is 6.62. The number of nitrogens with zero attached hydrogens (tertiary/aromatic N) is 2. The molecule has 1 atom stereocenters. The Bertz CT molecular complexity index is 885. The van der Waals surface area contributed by atoms with E-state index < -0.39 is 0 Å². The molecule has 1 aromatic carbocycles. The average molecular weight is 512 g/mol. The normalized spacial score (nSPS) is 25.2. The van der Waals surface area contributed by atoms with Crippen LogP contribution in [0, 0.1) is 0 Å². The molecule has 4 heteroatoms. The number of aromatic nitrogens is 1. The fourth-order valence-electron chi connectivity index (χ4n) is 7.73. The van der Waals surface area contributed by atoms with Crippen LogP contribution in [0.15, 0.2) is 30.5 Å². The molecule has 1 unspecified atom stereocenters. The summed E-state index contributed by atoms with van der Waals surface area (Å²) < 4.78 is 5.52. The minimum absolute atomic E-state index is 0. The monoisotopic (exact) mass is 511 g/mol. The Morgan fingerprint density at radius 1 is 0.757 bits per heavy atom. The number of ether oxygens (including phenoxy) is 1. The Labute approximate surface area is 228 Å². The number of hydrogen-bond acceptors (Lipinski definition) is 3. The molecule has 210 valence electrons. The number of hydrogen-bond donors (Lipinski definition) is 1. The molecule has 1 saturated carbocycles. The van der Waals surface area contributed by atoms with E-state index in [4.69, 9.17) is 4.74 Å². The zero-order valence-corrected chi connectivity index (χ0v) is 24.1. The van der Waals surface area contributed by atoms with Gasteiger partial charge < -0.3 is 9.72 Å². The lowest BCUT2D eigenvalue weighted by Crippen LogP contribution is -2.47. The molecule has 4 aliphatic rings. The summed E-state index contributed by atoms with van der Waals surface area (Å²) in [6.45, 7) is 18.3. The average Bonchev–Trinajstić information content (AvgIpc) is 3.68. The molecule has 1 aliphatic carbocycles. The summed E-state index contributed by atoms with van der Waals surface area (Å²) in [5.74, 6) is 0.601. The van der Waals surface area contributed by atoms with Crippen molar-refractivity contribution in [1.29, 1.82) is 0 Å². The van der Waals surface area contributed by atoms with Crippen LogP contribution in [0.5, 0.6) is 0 Å². The second-order valence-electron chi connectivity index (χ2n) is 12.7. The highest BCUT2D eigenvalue weighted by molar-refractivity contribution is 5.83. The Morgan fingerprint density at radius 2 is 1.35 bits per heavy atom. The summed E-state index contributed by atoms with van der Waals surface area (Å²) in [4.78, 5) is 8.62. The van der Waals surface area contributed by atoms with Crippen LogP contribution in [-0.2, 0) is 4.74 Å². The quantitative estimate of drug-likeness (QED) is 0.449. The van der Waals surface area contributed by atoms with Gasteiger partial charge in [0.05, 0.1) is 6.61 Å². The molecule has 4 fully saturated rings. The van der Waals surface area contributed by atoms with Crippen LogP contribution in [0.4, 0.5) is 0 Å². The molecule has 4 heterocycles. The standard InChI is InChI=1S/C11H21N.C11H13N.C10H19NO.CH4/c1-10(2)12-9-5-8-11(12)6-3-4-7-11;1-8(2)9-4-3-5-11-10(9)6-7-12-11;1-9(2)11-6-3-4-10(11)5-7-12-8-10;/h10H,3-9H2,1-2H3;3-8,12H,1-2H3;9H,3-8H2,1-2H3;1H4. The van der Waals surface area contributed by atoms with Gasteiger partial charge in [0.15, 0.2) is 0 Å². The van der Waals surface area contributed by atoms with E-state index in [0.717, 1.165) is 19.3 Å². The molecular weight excluding hydrogens is 454 g/mol. The molecule has 0 radical (unpaired) electrons. The van der Waals surface area contributed by atoms with Crippen LogP contribution in [0.25, 0.3) is 10.9 Å². The fourth-order valence-corrected chi connectivity index (χ4v) is 7.73. The molecule has 4 nitrogen and oxygen atoms in total. The Morgan fingerprint density at radius 3 is 1.92 bits per heavy atom. The van der Waals surface area contributed by atoms with Crippen LogP contribution < -0.4 is 0 Å². The molecule has 37 heavy (non-hydrogen) atoms. The van der Waals surface area contributed by atoms with Gasteiger partial charge in [0, 0.05) is 46.9 Å². The molecule has 2 spiro atoms. The second kappa shape index (κ2) is 13.1. The van der Waals surface area contributed by atoms with Crippen LogP contribution in [0.2, 0.25) is 0 Å². The van der Waals surface area contributed by atoms with E-state index in [-0.39, 0.29) is 7.43 Å². The van der Waals surface area contributed by atoms with E-state index in [0.29, 0.717) is 23.0 Å². The highest BCUT2D eigenvalue weighted by Gasteiger charge is 2.45. The third-order valence-corrected chi connectivity index (χ3v) is 9.41. The number of likely N-dealkylation sites (tertiary alicyclic amines) is 2. The van der Waals surface area contributed by atoms with Crippen molar-refractivity contribution in [3.63, 3.8) is 0 Å². The van der Waals surface area contributed by atoms with Crippen molar-refractivity contribution in [3.8, 4) is 0 Å². The van der Waals surface area contributed by atoms with Gasteiger partial charge in [-0.05, 0) is 109 Å². The minimum Gasteiger partial charge on any atom is -0.379 e. The number of fused-ring (bicyclic) bond motifs is 1. The summed E-state index contributed by atoms with van der Waals surface area (Å²) in [6.07, 6.45) is 14.8. The van der Waals surface area contributed by atoms with E-state index in [1.807, 2.05) is 6.20 Å². The van der Waals surface area contributed by atoms with Crippen LogP contribution in [-0.4, -0.2) is 64.2 Å². The number of aromatic amines is 1. The van der Waals surface area contributed by atoms with Gasteiger partial charge in [0.1, 0.15) is 0 Å². The summed E-state index contributed by atoms with van der Waals surface area (Å²) >= 11 is 0. The fraction of sp³-hybridized carbons (Fsp3) is 0.758. The van der Waals surface area contributed by atoms with Gasteiger partial charge >= 0.3 is 0 Å². The highest BCUT2D eigenvalue weighted by atomic mass is 16.5. The van der Waals surface area contributed by atoms with Gasteiger partial charge in [0.2, 0.25) is 0 Å². The van der Waals surface area contributed by atoms with Gasteiger partial charge in [-0.25, -0.2) is 0 Å². The van der Waals surface area contributed by atoms with Crippen LogP contribution in [0.1, 0.15) is 118 Å². The topological polar surface area (TPSA) is 31.5 Å². The first-order chi connectivity index (χ1) is 17.3. The molecule has 0 bridgehead atoms. The van der Waals surface area contributed by atoms with Crippen molar-refractivity contribution in [2.45, 2.75) is 136 Å². The van der Waals surface area contributed by atoms with Crippen molar-refractivity contribution in [1.82, 2.24) is 14.8 Å². The molecule has 1 aromatic heterocycles. The van der Waals surface area contributed by atoms with Crippen molar-refractivity contribution < 1.29 is 4.74 Å². The van der Waals surface area contributed by atoms with Gasteiger partial charge in [-0.15, -0.1) is 0 Å². The van der Waals surface area contributed by atoms with E-state index >= 15 is 0 Å². The van der Waals surface area contributed by atoms with Gasteiger partial charge in [-0.2, -0.15) is 0 Å². The lowest BCUT2D eigenvalue weighted by molar-refractivity contribution is 0.0784. The lowest BCUT2D eigenvalue weighted by Gasteiger charge is -2.38. The third-order valence-electron chi connectivity index (χ3n) is 9.41. The largest absolute Gasteiger partial charge is 0.379 e. The van der Waals surface area contributed by atoms with Crippen LogP contribution >= 0.6 is 0 Å². The zero-order valence-electron chi connectivity index (χ0n) is 24.1.